The number of nitrogens with zero attached hydrogens (tertiary/aromatic N) is 1. The molecule has 0 N–H and O–H groups in total. The molecule has 0 heterocycles. The summed E-state index contributed by atoms with van der Waals surface area (Å²) in [4.78, 5) is 0. The van der Waals surface area contributed by atoms with Crippen LogP contribution >= 0.6 is 0 Å². The highest BCUT2D eigenvalue weighted by Gasteiger charge is 2.43. The van der Waals surface area contributed by atoms with Crippen LogP contribution in [0.15, 0.2) is 72.8 Å². The first-order valence-corrected chi connectivity index (χ1v) is 9.44. The maximum atomic E-state index is 10.2. The lowest BCUT2D eigenvalue weighted by Crippen LogP contribution is -2.29. The number of hydrogen-bond acceptors (Lipinski definition) is 1. The number of benzene rings is 4. The van der Waals surface area contributed by atoms with Crippen molar-refractivity contribution in [2.24, 2.45) is 0 Å². The summed E-state index contributed by atoms with van der Waals surface area (Å²) in [6.45, 7) is 2.23. The third kappa shape index (κ3) is 1.68. The van der Waals surface area contributed by atoms with Gasteiger partial charge in [-0.25, -0.2) is 0 Å². The monoisotopic (exact) mass is 343 g/mol. The van der Waals surface area contributed by atoms with Crippen LogP contribution in [0.4, 0.5) is 0 Å². The molecule has 0 saturated carbocycles. The fourth-order valence-corrected chi connectivity index (χ4v) is 5.48. The molecule has 0 unspecified atom stereocenters. The van der Waals surface area contributed by atoms with Gasteiger partial charge in [-0.3, -0.25) is 0 Å². The van der Waals surface area contributed by atoms with Crippen molar-refractivity contribution in [3.8, 4) is 6.07 Å². The Morgan fingerprint density at radius 2 is 1.07 bits per heavy atom. The Morgan fingerprint density at radius 3 is 1.59 bits per heavy atom. The Kier molecular flexibility index (Phi) is 2.78. The van der Waals surface area contributed by atoms with Gasteiger partial charge >= 0.3 is 0 Å². The molecule has 126 valence electrons. The molecule has 0 aromatic heterocycles. The largest absolute Gasteiger partial charge is 0.192 e. The van der Waals surface area contributed by atoms with E-state index < -0.39 is 0 Å². The Bertz CT molecular complexity index is 1260. The molecule has 0 aliphatic heterocycles. The highest BCUT2D eigenvalue weighted by molar-refractivity contribution is 5.95. The van der Waals surface area contributed by atoms with Crippen LogP contribution in [0, 0.1) is 18.3 Å². The smallest absolute Gasteiger partial charge is 0.100 e. The van der Waals surface area contributed by atoms with E-state index in [4.69, 9.17) is 0 Å². The van der Waals surface area contributed by atoms with Crippen molar-refractivity contribution >= 4 is 10.8 Å². The van der Waals surface area contributed by atoms with E-state index in [0.29, 0.717) is 0 Å². The van der Waals surface area contributed by atoms with Crippen LogP contribution in [-0.4, -0.2) is 0 Å². The highest BCUT2D eigenvalue weighted by atomic mass is 14.5. The van der Waals surface area contributed by atoms with Crippen molar-refractivity contribution in [2.75, 3.05) is 0 Å². The van der Waals surface area contributed by atoms with Gasteiger partial charge in [0, 0.05) is 17.2 Å². The second kappa shape index (κ2) is 5.09. The lowest BCUT2D eigenvalue weighted by molar-refractivity contribution is 0.749. The topological polar surface area (TPSA) is 23.8 Å². The average Bonchev–Trinajstić information content (AvgIpc) is 2.74. The minimum Gasteiger partial charge on any atom is -0.192 e. The average molecular weight is 343 g/mol. The van der Waals surface area contributed by atoms with Gasteiger partial charge in [-0.05, 0) is 51.3 Å². The normalized spacial score (nSPS) is 18.5. The molecular formula is C26H17N. The van der Waals surface area contributed by atoms with Crippen molar-refractivity contribution < 1.29 is 0 Å². The summed E-state index contributed by atoms with van der Waals surface area (Å²) in [5.41, 5.74) is 10.3. The van der Waals surface area contributed by atoms with Gasteiger partial charge in [-0.2, -0.15) is 5.26 Å². The number of fused-ring (bicyclic) bond motifs is 1. The molecule has 1 heteroatoms. The molecule has 0 saturated heterocycles. The second-order valence-electron chi connectivity index (χ2n) is 7.61. The Balaban J connectivity index is 1.85. The van der Waals surface area contributed by atoms with Crippen molar-refractivity contribution in [1.82, 2.24) is 0 Å². The minimum atomic E-state index is 0.148. The van der Waals surface area contributed by atoms with Crippen LogP contribution in [0.5, 0.6) is 0 Å². The highest BCUT2D eigenvalue weighted by Crippen LogP contribution is 2.58. The molecular weight excluding hydrogens is 326 g/mol. The molecule has 0 spiro atoms. The van der Waals surface area contributed by atoms with Gasteiger partial charge in [0.2, 0.25) is 0 Å². The number of hydrogen-bond donors (Lipinski definition) is 0. The van der Waals surface area contributed by atoms with Crippen LogP contribution in [0.3, 0.4) is 0 Å². The zero-order chi connectivity index (χ0) is 18.1. The van der Waals surface area contributed by atoms with E-state index in [-0.39, 0.29) is 11.8 Å². The third-order valence-electron chi connectivity index (χ3n) is 6.49. The van der Waals surface area contributed by atoms with Crippen molar-refractivity contribution in [3.63, 3.8) is 0 Å². The zero-order valence-electron chi connectivity index (χ0n) is 15.0. The molecule has 0 fully saturated rings. The van der Waals surface area contributed by atoms with Gasteiger partial charge in [0.1, 0.15) is 6.07 Å². The summed E-state index contributed by atoms with van der Waals surface area (Å²) in [5.74, 6) is 0.365. The fraction of sp³-hybridized carbons (Fsp3) is 0.115. The molecule has 27 heavy (non-hydrogen) atoms. The Hall–Kier alpha value is -3.37. The number of nitriles is 1. The van der Waals surface area contributed by atoms with E-state index in [2.05, 4.69) is 79.7 Å². The van der Waals surface area contributed by atoms with Gasteiger partial charge in [0.05, 0.1) is 5.56 Å². The molecule has 4 aromatic carbocycles. The van der Waals surface area contributed by atoms with Crippen molar-refractivity contribution in [2.45, 2.75) is 18.8 Å². The van der Waals surface area contributed by atoms with E-state index in [1.807, 2.05) is 6.07 Å². The molecule has 0 radical (unpaired) electrons. The standard InChI is InChI=1S/C26H17N/c1-15-16-8-2-3-9-17(16)22(14-27)26-23(15)24-18-10-4-6-12-20(18)25(26)21-13-7-5-11-19(21)24/h2-13,24-25H,1H3. The predicted octanol–water partition coefficient (Wildman–Crippen LogP) is 6.01. The first-order chi connectivity index (χ1) is 13.3. The van der Waals surface area contributed by atoms with Crippen molar-refractivity contribution in [1.29, 1.82) is 5.26 Å². The molecule has 7 rings (SSSR count). The first kappa shape index (κ1) is 14.8. The maximum Gasteiger partial charge on any atom is 0.100 e. The molecule has 4 aromatic rings. The van der Waals surface area contributed by atoms with E-state index in [0.717, 1.165) is 10.9 Å². The van der Waals surface area contributed by atoms with E-state index in [1.54, 1.807) is 0 Å². The van der Waals surface area contributed by atoms with Crippen LogP contribution < -0.4 is 0 Å². The molecule has 3 aliphatic carbocycles. The lowest BCUT2D eigenvalue weighted by atomic mass is 9.59. The molecule has 0 amide bonds. The van der Waals surface area contributed by atoms with Gasteiger partial charge in [-0.1, -0.05) is 72.8 Å². The van der Waals surface area contributed by atoms with Gasteiger partial charge in [0.15, 0.2) is 0 Å². The van der Waals surface area contributed by atoms with Crippen molar-refractivity contribution in [3.05, 3.63) is 117 Å². The molecule has 0 atom stereocenters. The summed E-state index contributed by atoms with van der Waals surface area (Å²) in [5, 5.41) is 12.4. The molecule has 2 bridgehead atoms. The van der Waals surface area contributed by atoms with Crippen LogP contribution in [-0.2, 0) is 0 Å². The molecule has 3 aliphatic rings. The van der Waals surface area contributed by atoms with E-state index >= 15 is 0 Å². The fourth-order valence-electron chi connectivity index (χ4n) is 5.48. The van der Waals surface area contributed by atoms with E-state index in [9.17, 15) is 5.26 Å². The van der Waals surface area contributed by atoms with Crippen LogP contribution in [0.1, 0.15) is 56.3 Å². The van der Waals surface area contributed by atoms with Crippen LogP contribution in [0.2, 0.25) is 0 Å². The Labute approximate surface area is 158 Å². The summed E-state index contributed by atoms with van der Waals surface area (Å²) >= 11 is 0. The summed E-state index contributed by atoms with van der Waals surface area (Å²) in [7, 11) is 0. The SMILES string of the molecule is Cc1c2c(c(C#N)c3ccccc13)C1c3ccccc3C2c2ccccc21. The predicted molar refractivity (Wildman–Crippen MR) is 108 cm³/mol. The van der Waals surface area contributed by atoms with Gasteiger partial charge in [0.25, 0.3) is 0 Å². The summed E-state index contributed by atoms with van der Waals surface area (Å²) in [6, 6.07) is 28.5. The van der Waals surface area contributed by atoms with Crippen LogP contribution in [0.25, 0.3) is 10.8 Å². The molecule has 1 nitrogen and oxygen atoms in total. The number of rotatable bonds is 0. The maximum absolute atomic E-state index is 10.2. The summed E-state index contributed by atoms with van der Waals surface area (Å²) in [6.07, 6.45) is 0. The first-order valence-electron chi connectivity index (χ1n) is 9.44. The van der Waals surface area contributed by atoms with E-state index in [1.165, 1.54) is 44.3 Å². The quantitative estimate of drug-likeness (QED) is 0.331. The third-order valence-corrected chi connectivity index (χ3v) is 6.49. The summed E-state index contributed by atoms with van der Waals surface area (Å²) < 4.78 is 0. The number of aryl methyl sites for hydroxylation is 1. The minimum absolute atomic E-state index is 0.148. The second-order valence-corrected chi connectivity index (χ2v) is 7.61. The Morgan fingerprint density at radius 1 is 0.630 bits per heavy atom. The van der Waals surface area contributed by atoms with Gasteiger partial charge < -0.3 is 0 Å². The zero-order valence-corrected chi connectivity index (χ0v) is 15.0. The lowest BCUT2D eigenvalue weighted by Gasteiger charge is -2.43. The van der Waals surface area contributed by atoms with Gasteiger partial charge in [-0.15, -0.1) is 0 Å².